The van der Waals surface area contributed by atoms with E-state index >= 15 is 0 Å². The van der Waals surface area contributed by atoms with E-state index in [1.54, 1.807) is 29.7 Å². The largest absolute Gasteiger partial charge is 0.455 e. The molecule has 0 aliphatic heterocycles. The first-order valence-electron chi connectivity index (χ1n) is 12.1. The molecule has 1 saturated carbocycles. The van der Waals surface area contributed by atoms with Crippen LogP contribution in [0.5, 0.6) is 0 Å². The van der Waals surface area contributed by atoms with Crippen LogP contribution in [0, 0.1) is 10.1 Å². The predicted octanol–water partition coefficient (Wildman–Crippen LogP) is 7.92. The maximum atomic E-state index is 13.3. The number of thiophene rings is 1. The summed E-state index contributed by atoms with van der Waals surface area (Å²) in [7, 11) is 0. The maximum Gasteiger partial charge on any atom is 0.289 e. The second kappa shape index (κ2) is 10.7. The molecule has 5 rings (SSSR count). The van der Waals surface area contributed by atoms with E-state index in [4.69, 9.17) is 27.6 Å². The normalized spacial score (nSPS) is 16.3. The molecule has 2 aromatic heterocycles. The SMILES string of the molecule is O=C(NC1CCCCC1)c1c(/N=C/c2ccc(-c3cc(Cl)c([N+](=O)[O-])cc3Cl)o2)sc2c1CCCC2. The van der Waals surface area contributed by atoms with Gasteiger partial charge in [0.2, 0.25) is 0 Å². The standard InChI is InChI=1S/C26H25Cl2N3O4S/c27-19-13-21(31(33)34)20(28)12-18(19)22-11-10-16(35-22)14-29-26-24(17-8-4-5-9-23(17)36-26)25(32)30-15-6-2-1-3-7-15/h10-15H,1-9H2,(H,30,32)/b29-14+. The summed E-state index contributed by atoms with van der Waals surface area (Å²) >= 11 is 13.9. The van der Waals surface area contributed by atoms with Crippen molar-refractivity contribution in [3.05, 3.63) is 66.2 Å². The molecule has 1 aromatic carbocycles. The van der Waals surface area contributed by atoms with Crippen molar-refractivity contribution in [3.8, 4) is 11.3 Å². The number of nitro benzene ring substituents is 1. The Balaban J connectivity index is 1.41. The number of nitrogens with zero attached hydrogens (tertiary/aromatic N) is 2. The number of hydrogen-bond acceptors (Lipinski definition) is 6. The minimum absolute atomic E-state index is 0.0243. The van der Waals surface area contributed by atoms with Gasteiger partial charge in [0.05, 0.1) is 21.7 Å². The van der Waals surface area contributed by atoms with Crippen LogP contribution in [0.1, 0.15) is 71.5 Å². The van der Waals surface area contributed by atoms with Crippen LogP contribution < -0.4 is 5.32 Å². The summed E-state index contributed by atoms with van der Waals surface area (Å²) in [6.45, 7) is 0. The zero-order valence-electron chi connectivity index (χ0n) is 19.5. The number of benzene rings is 1. The monoisotopic (exact) mass is 545 g/mol. The minimum Gasteiger partial charge on any atom is -0.455 e. The number of carbonyl (C=O) groups excluding carboxylic acids is 1. The van der Waals surface area contributed by atoms with Gasteiger partial charge in [-0.2, -0.15) is 0 Å². The molecule has 2 aliphatic rings. The zero-order chi connectivity index (χ0) is 25.2. The number of hydrogen-bond donors (Lipinski definition) is 1. The van der Waals surface area contributed by atoms with Gasteiger partial charge in [-0.15, -0.1) is 11.3 Å². The van der Waals surface area contributed by atoms with E-state index in [9.17, 15) is 14.9 Å². The Morgan fingerprint density at radius 2 is 1.89 bits per heavy atom. The molecule has 0 spiro atoms. The smallest absolute Gasteiger partial charge is 0.289 e. The molecule has 0 bridgehead atoms. The summed E-state index contributed by atoms with van der Waals surface area (Å²) in [5.74, 6) is 0.862. The highest BCUT2D eigenvalue weighted by Crippen LogP contribution is 2.41. The van der Waals surface area contributed by atoms with Gasteiger partial charge >= 0.3 is 0 Å². The van der Waals surface area contributed by atoms with Gasteiger partial charge in [0.1, 0.15) is 21.5 Å². The molecule has 1 amide bonds. The molecule has 7 nitrogen and oxygen atoms in total. The molecule has 10 heteroatoms. The van der Waals surface area contributed by atoms with Gasteiger partial charge in [-0.1, -0.05) is 42.5 Å². The van der Waals surface area contributed by atoms with Crippen LogP contribution in [0.25, 0.3) is 11.3 Å². The van der Waals surface area contributed by atoms with Crippen molar-refractivity contribution in [1.29, 1.82) is 0 Å². The highest BCUT2D eigenvalue weighted by Gasteiger charge is 2.27. The molecule has 1 N–H and O–H groups in total. The Hall–Kier alpha value is -2.68. The maximum absolute atomic E-state index is 13.3. The molecule has 0 saturated heterocycles. The van der Waals surface area contributed by atoms with E-state index in [1.807, 2.05) is 0 Å². The number of rotatable bonds is 6. The van der Waals surface area contributed by atoms with Gasteiger partial charge in [0.15, 0.2) is 0 Å². The first-order valence-corrected chi connectivity index (χ1v) is 13.7. The second-order valence-corrected chi connectivity index (χ2v) is 11.1. The molecule has 2 aliphatic carbocycles. The topological polar surface area (TPSA) is 97.7 Å². The number of nitrogens with one attached hydrogen (secondary N) is 1. The fraction of sp³-hybridized carbons (Fsp3) is 0.385. The van der Waals surface area contributed by atoms with Crippen LogP contribution in [0.3, 0.4) is 0 Å². The quantitative estimate of drug-likeness (QED) is 0.193. The van der Waals surface area contributed by atoms with Gasteiger partial charge in [0.25, 0.3) is 11.6 Å². The molecule has 36 heavy (non-hydrogen) atoms. The highest BCUT2D eigenvalue weighted by atomic mass is 35.5. The Morgan fingerprint density at radius 1 is 1.11 bits per heavy atom. The lowest BCUT2D eigenvalue weighted by atomic mass is 9.93. The van der Waals surface area contributed by atoms with E-state index in [1.165, 1.54) is 23.4 Å². The molecule has 188 valence electrons. The fourth-order valence-corrected chi connectivity index (χ4v) is 6.65. The number of nitro groups is 1. The Kier molecular flexibility index (Phi) is 7.46. The summed E-state index contributed by atoms with van der Waals surface area (Å²) in [5.41, 5.74) is 2.03. The molecule has 3 aromatic rings. The number of aryl methyl sites for hydroxylation is 1. The summed E-state index contributed by atoms with van der Waals surface area (Å²) in [4.78, 5) is 29.8. The van der Waals surface area contributed by atoms with Crippen LogP contribution in [-0.2, 0) is 12.8 Å². The van der Waals surface area contributed by atoms with Crippen molar-refractivity contribution in [2.45, 2.75) is 63.8 Å². The van der Waals surface area contributed by atoms with Gasteiger partial charge < -0.3 is 9.73 Å². The Labute approximate surface area is 222 Å². The average molecular weight is 546 g/mol. The molecule has 1 fully saturated rings. The first kappa shape index (κ1) is 25.0. The van der Waals surface area contributed by atoms with Crippen molar-refractivity contribution >= 4 is 57.3 Å². The molecule has 0 unspecified atom stereocenters. The molecular weight excluding hydrogens is 521 g/mol. The molecule has 0 atom stereocenters. The molecule has 2 heterocycles. The van der Waals surface area contributed by atoms with Crippen molar-refractivity contribution in [2.24, 2.45) is 4.99 Å². The molecule has 0 radical (unpaired) electrons. The van der Waals surface area contributed by atoms with Gasteiger partial charge in [-0.05, 0) is 62.3 Å². The van der Waals surface area contributed by atoms with Gasteiger partial charge in [0, 0.05) is 22.5 Å². The van der Waals surface area contributed by atoms with Crippen molar-refractivity contribution < 1.29 is 14.1 Å². The predicted molar refractivity (Wildman–Crippen MR) is 143 cm³/mol. The van der Waals surface area contributed by atoms with Crippen LogP contribution in [-0.4, -0.2) is 23.1 Å². The van der Waals surface area contributed by atoms with Crippen LogP contribution in [0.2, 0.25) is 10.0 Å². The van der Waals surface area contributed by atoms with E-state index in [0.29, 0.717) is 27.6 Å². The summed E-state index contributed by atoms with van der Waals surface area (Å²) in [5, 5.41) is 15.2. The zero-order valence-corrected chi connectivity index (χ0v) is 21.8. The lowest BCUT2D eigenvalue weighted by molar-refractivity contribution is -0.384. The summed E-state index contributed by atoms with van der Waals surface area (Å²) in [6.07, 6.45) is 11.3. The third-order valence-electron chi connectivity index (χ3n) is 6.75. The fourth-order valence-electron chi connectivity index (χ4n) is 4.94. The second-order valence-electron chi connectivity index (χ2n) is 9.20. The van der Waals surface area contributed by atoms with E-state index in [0.717, 1.165) is 56.9 Å². The van der Waals surface area contributed by atoms with Crippen molar-refractivity contribution in [3.63, 3.8) is 0 Å². The Bertz CT molecular complexity index is 1340. The van der Waals surface area contributed by atoms with E-state index in [-0.39, 0.29) is 27.7 Å². The first-order chi connectivity index (χ1) is 17.4. The van der Waals surface area contributed by atoms with Gasteiger partial charge in [-0.3, -0.25) is 14.9 Å². The summed E-state index contributed by atoms with van der Waals surface area (Å²) in [6, 6.07) is 6.31. The van der Waals surface area contributed by atoms with Crippen molar-refractivity contribution in [1.82, 2.24) is 5.32 Å². The number of amides is 1. The van der Waals surface area contributed by atoms with E-state index < -0.39 is 4.92 Å². The van der Waals surface area contributed by atoms with Crippen molar-refractivity contribution in [2.75, 3.05) is 0 Å². The number of halogens is 2. The minimum atomic E-state index is -0.582. The number of fused-ring (bicyclic) bond motifs is 1. The van der Waals surface area contributed by atoms with E-state index in [2.05, 4.69) is 10.3 Å². The Morgan fingerprint density at radius 3 is 2.67 bits per heavy atom. The van der Waals surface area contributed by atoms with Crippen LogP contribution >= 0.6 is 34.5 Å². The van der Waals surface area contributed by atoms with Gasteiger partial charge in [-0.25, -0.2) is 4.99 Å². The summed E-state index contributed by atoms with van der Waals surface area (Å²) < 4.78 is 5.89. The number of furan rings is 1. The number of carbonyl (C=O) groups is 1. The highest BCUT2D eigenvalue weighted by molar-refractivity contribution is 7.16. The third-order valence-corrected chi connectivity index (χ3v) is 8.57. The van der Waals surface area contributed by atoms with Crippen LogP contribution in [0.4, 0.5) is 10.7 Å². The average Bonchev–Trinajstić information content (AvgIpc) is 3.48. The lowest BCUT2D eigenvalue weighted by Gasteiger charge is -2.23. The molecular formula is C26H25Cl2N3O4S. The van der Waals surface area contributed by atoms with Crippen LogP contribution in [0.15, 0.2) is 33.7 Å². The lowest BCUT2D eigenvalue weighted by Crippen LogP contribution is -2.36. The third kappa shape index (κ3) is 5.21. The number of aliphatic imine (C=N–C) groups is 1.